The van der Waals surface area contributed by atoms with E-state index in [4.69, 9.17) is 0 Å². The molecule has 0 saturated heterocycles. The minimum atomic E-state index is -0.0763. The molecule has 1 aromatic carbocycles. The molecule has 6 rings (SSSR count). The maximum atomic E-state index is 12.8. The van der Waals surface area contributed by atoms with Gasteiger partial charge in [0.25, 0.3) is 5.91 Å². The van der Waals surface area contributed by atoms with Crippen LogP contribution in [0.2, 0.25) is 0 Å². The van der Waals surface area contributed by atoms with Crippen LogP contribution in [-0.4, -0.2) is 50.6 Å². The lowest BCUT2D eigenvalue weighted by Crippen LogP contribution is -2.17. The Labute approximate surface area is 215 Å². The smallest absolute Gasteiger partial charge is 0.254 e. The third-order valence-corrected chi connectivity index (χ3v) is 6.63. The molecule has 0 bridgehead atoms. The van der Waals surface area contributed by atoms with Gasteiger partial charge < -0.3 is 20.1 Å². The zero-order valence-corrected chi connectivity index (χ0v) is 21.3. The fourth-order valence-electron chi connectivity index (χ4n) is 4.80. The number of carbonyl (C=O) groups is 1. The molecule has 0 spiro atoms. The van der Waals surface area contributed by atoms with Crippen molar-refractivity contribution in [2.24, 2.45) is 0 Å². The highest BCUT2D eigenvalue weighted by Gasteiger charge is 2.27. The van der Waals surface area contributed by atoms with E-state index < -0.39 is 0 Å². The number of benzene rings is 1. The summed E-state index contributed by atoms with van der Waals surface area (Å²) in [5, 5.41) is 12.0. The van der Waals surface area contributed by atoms with Crippen molar-refractivity contribution in [3.8, 4) is 11.1 Å². The summed E-state index contributed by atoms with van der Waals surface area (Å²) in [6.45, 7) is 4.40. The molecule has 9 heteroatoms. The van der Waals surface area contributed by atoms with E-state index in [1.807, 2.05) is 42.2 Å². The van der Waals surface area contributed by atoms with E-state index in [0.29, 0.717) is 17.9 Å². The highest BCUT2D eigenvalue weighted by molar-refractivity contribution is 6.06. The number of aryl methyl sites for hydroxylation is 1. The van der Waals surface area contributed by atoms with Crippen LogP contribution in [0.3, 0.4) is 0 Å². The first-order chi connectivity index (χ1) is 17.0. The lowest BCUT2D eigenvalue weighted by atomic mass is 9.96. The van der Waals surface area contributed by atoms with Crippen molar-refractivity contribution >= 4 is 46.2 Å². The number of rotatable bonds is 6. The van der Waals surface area contributed by atoms with Crippen molar-refractivity contribution < 1.29 is 4.79 Å². The third kappa shape index (κ3) is 4.08. The number of hydrogen-bond acceptors (Lipinski definition) is 5. The van der Waals surface area contributed by atoms with Crippen LogP contribution < -0.4 is 10.6 Å². The summed E-state index contributed by atoms with van der Waals surface area (Å²) >= 11 is 0. The highest BCUT2D eigenvalue weighted by Crippen LogP contribution is 2.37. The molecule has 0 saturated carbocycles. The molecule has 0 radical (unpaired) electrons. The summed E-state index contributed by atoms with van der Waals surface area (Å²) in [7, 11) is 4.14. The number of carbonyl (C=O) groups excluding carboxylic acids is 1. The van der Waals surface area contributed by atoms with Gasteiger partial charge in [-0.25, -0.2) is 9.50 Å². The molecule has 0 aliphatic carbocycles. The van der Waals surface area contributed by atoms with Gasteiger partial charge in [0.2, 0.25) is 0 Å². The van der Waals surface area contributed by atoms with Crippen LogP contribution in [0.25, 0.3) is 27.5 Å². The van der Waals surface area contributed by atoms with Gasteiger partial charge in [-0.05, 0) is 62.0 Å². The van der Waals surface area contributed by atoms with Gasteiger partial charge in [-0.3, -0.25) is 4.79 Å². The van der Waals surface area contributed by atoms with E-state index in [9.17, 15) is 4.79 Å². The molecule has 1 amide bonds. The predicted octanol–water partition coefficient (Wildman–Crippen LogP) is 4.63. The Kier molecular flexibility index (Phi) is 6.15. The highest BCUT2D eigenvalue weighted by atomic mass is 35.5. The van der Waals surface area contributed by atoms with Crippen LogP contribution in [-0.2, 0) is 13.1 Å². The van der Waals surface area contributed by atoms with Crippen molar-refractivity contribution in [3.05, 3.63) is 77.9 Å². The van der Waals surface area contributed by atoms with Gasteiger partial charge in [0, 0.05) is 43.0 Å². The Morgan fingerprint density at radius 1 is 1.08 bits per heavy atom. The topological polar surface area (TPSA) is 79.5 Å². The number of pyridine rings is 2. The summed E-state index contributed by atoms with van der Waals surface area (Å²) in [5.74, 6) is 0.636. The van der Waals surface area contributed by atoms with E-state index >= 15 is 0 Å². The van der Waals surface area contributed by atoms with Gasteiger partial charge >= 0.3 is 0 Å². The SMILES string of the molecule is Cc1ccc2c(-c3ccc(Nc4cc5ccn(CCN(C)C)c5cn4)c4c3CNC4=O)cnn2c1.Cl. The second-order valence-corrected chi connectivity index (χ2v) is 9.36. The molecule has 184 valence electrons. The Bertz CT molecular complexity index is 1600. The van der Waals surface area contributed by atoms with Gasteiger partial charge in [-0.1, -0.05) is 12.1 Å². The zero-order valence-electron chi connectivity index (χ0n) is 20.4. The van der Waals surface area contributed by atoms with Crippen molar-refractivity contribution in [2.45, 2.75) is 20.0 Å². The average molecular weight is 502 g/mol. The second kappa shape index (κ2) is 9.29. The summed E-state index contributed by atoms with van der Waals surface area (Å²) in [4.78, 5) is 19.7. The fraction of sp³-hybridized carbons (Fsp3) is 0.222. The molecule has 2 N–H and O–H groups in total. The molecule has 0 fully saturated rings. The van der Waals surface area contributed by atoms with Crippen LogP contribution >= 0.6 is 12.4 Å². The number of anilines is 2. The molecular formula is C27H28ClN7O. The molecule has 5 aromatic rings. The summed E-state index contributed by atoms with van der Waals surface area (Å²) < 4.78 is 4.10. The summed E-state index contributed by atoms with van der Waals surface area (Å²) in [5.41, 5.74) is 7.69. The molecular weight excluding hydrogens is 474 g/mol. The fourth-order valence-corrected chi connectivity index (χ4v) is 4.80. The van der Waals surface area contributed by atoms with E-state index in [2.05, 4.69) is 74.7 Å². The number of nitrogens with zero attached hydrogens (tertiary/aromatic N) is 5. The van der Waals surface area contributed by atoms with E-state index in [1.54, 1.807) is 0 Å². The van der Waals surface area contributed by atoms with Crippen LogP contribution in [0.1, 0.15) is 21.5 Å². The number of nitrogens with one attached hydrogen (secondary N) is 2. The minimum absolute atomic E-state index is 0. The van der Waals surface area contributed by atoms with Crippen LogP contribution in [0.4, 0.5) is 11.5 Å². The normalized spacial score (nSPS) is 12.7. The van der Waals surface area contributed by atoms with Crippen molar-refractivity contribution in [1.82, 2.24) is 29.4 Å². The second-order valence-electron chi connectivity index (χ2n) is 9.36. The number of amides is 1. The maximum Gasteiger partial charge on any atom is 0.254 e. The summed E-state index contributed by atoms with van der Waals surface area (Å²) in [6, 6.07) is 12.3. The Morgan fingerprint density at radius 2 is 1.94 bits per heavy atom. The van der Waals surface area contributed by atoms with E-state index in [-0.39, 0.29) is 18.3 Å². The molecule has 1 aliphatic rings. The number of halogens is 1. The first kappa shape index (κ1) is 23.8. The Balaban J connectivity index is 0.00000267. The van der Waals surface area contributed by atoms with Gasteiger partial charge in [0.15, 0.2) is 0 Å². The van der Waals surface area contributed by atoms with Crippen LogP contribution in [0, 0.1) is 6.92 Å². The molecule has 1 aliphatic heterocycles. The first-order valence-electron chi connectivity index (χ1n) is 11.7. The minimum Gasteiger partial charge on any atom is -0.348 e. The van der Waals surface area contributed by atoms with Gasteiger partial charge in [0.1, 0.15) is 5.82 Å². The predicted molar refractivity (Wildman–Crippen MR) is 145 cm³/mol. The molecule has 0 unspecified atom stereocenters. The van der Waals surface area contributed by atoms with Crippen molar-refractivity contribution in [3.63, 3.8) is 0 Å². The lowest BCUT2D eigenvalue weighted by Gasteiger charge is -2.13. The van der Waals surface area contributed by atoms with Crippen molar-refractivity contribution in [2.75, 3.05) is 26.0 Å². The summed E-state index contributed by atoms with van der Waals surface area (Å²) in [6.07, 6.45) is 7.87. The monoisotopic (exact) mass is 501 g/mol. The number of aromatic nitrogens is 4. The van der Waals surface area contributed by atoms with Gasteiger partial charge in [0.05, 0.1) is 34.7 Å². The lowest BCUT2D eigenvalue weighted by molar-refractivity contribution is 0.0966. The first-order valence-corrected chi connectivity index (χ1v) is 11.7. The van der Waals surface area contributed by atoms with Gasteiger partial charge in [-0.2, -0.15) is 5.10 Å². The molecule has 8 nitrogen and oxygen atoms in total. The average Bonchev–Trinajstić information content (AvgIpc) is 3.55. The van der Waals surface area contributed by atoms with Crippen LogP contribution in [0.15, 0.2) is 61.2 Å². The number of likely N-dealkylation sites (N-methyl/N-ethyl adjacent to an activating group) is 1. The largest absolute Gasteiger partial charge is 0.348 e. The number of hydrogen-bond donors (Lipinski definition) is 2. The van der Waals surface area contributed by atoms with Crippen LogP contribution in [0.5, 0.6) is 0 Å². The molecule has 4 aromatic heterocycles. The standard InChI is InChI=1S/C27H27N7O.ClH/c1-17-4-7-23-20(14-30-34(23)16-17)19-5-6-22(26-21(19)13-29-27(26)35)31-25-12-18-8-9-33(11-10-32(2)3)24(18)15-28-25;/h4-9,12,14-16H,10-11,13H2,1-3H3,(H,28,31)(H,29,35);1H. The number of fused-ring (bicyclic) bond motifs is 3. The van der Waals surface area contributed by atoms with E-state index in [0.717, 1.165) is 57.5 Å². The quantitative estimate of drug-likeness (QED) is 0.354. The Hall–Kier alpha value is -3.88. The Morgan fingerprint density at radius 3 is 2.78 bits per heavy atom. The zero-order chi connectivity index (χ0) is 24.1. The molecule has 36 heavy (non-hydrogen) atoms. The molecule has 0 atom stereocenters. The maximum absolute atomic E-state index is 12.8. The van der Waals surface area contributed by atoms with Crippen molar-refractivity contribution in [1.29, 1.82) is 0 Å². The third-order valence-electron chi connectivity index (χ3n) is 6.63. The van der Waals surface area contributed by atoms with E-state index in [1.165, 1.54) is 0 Å². The van der Waals surface area contributed by atoms with Gasteiger partial charge in [-0.15, -0.1) is 12.4 Å². The molecule has 5 heterocycles.